The number of nitrogens with zero attached hydrogens (tertiary/aromatic N) is 2. The van der Waals surface area contributed by atoms with Crippen LogP contribution in [-0.4, -0.2) is 35.7 Å². The number of amides is 1. The van der Waals surface area contributed by atoms with Crippen molar-refractivity contribution in [1.29, 1.82) is 0 Å². The summed E-state index contributed by atoms with van der Waals surface area (Å²) in [5.74, 6) is 1.66. The Bertz CT molecular complexity index is 588. The molecule has 0 spiro atoms. The summed E-state index contributed by atoms with van der Waals surface area (Å²) in [7, 11) is 0. The second kappa shape index (κ2) is 7.22. The Hall–Kier alpha value is -2.15. The Kier molecular flexibility index (Phi) is 4.85. The van der Waals surface area contributed by atoms with Crippen molar-refractivity contribution in [2.45, 2.75) is 25.7 Å². The molecule has 0 aliphatic carbocycles. The van der Waals surface area contributed by atoms with Gasteiger partial charge in [-0.3, -0.25) is 4.79 Å². The standard InChI is InChI=1S/C15H20N4O3/c20-13(17-7-4-11-3-6-16-9-11)1-2-14-18-15(19-22-14)12-5-8-21-10-12/h5,8,10-11,16H,1-4,6-7,9H2,(H,17,20). The molecule has 2 N–H and O–H groups in total. The topological polar surface area (TPSA) is 93.2 Å². The van der Waals surface area contributed by atoms with Gasteiger partial charge in [-0.15, -0.1) is 0 Å². The number of hydrogen-bond acceptors (Lipinski definition) is 6. The van der Waals surface area contributed by atoms with Crippen molar-refractivity contribution in [3.63, 3.8) is 0 Å². The zero-order valence-corrected chi connectivity index (χ0v) is 12.4. The molecular weight excluding hydrogens is 284 g/mol. The number of hydrogen-bond donors (Lipinski definition) is 2. The normalized spacial score (nSPS) is 17.7. The molecular formula is C15H20N4O3. The van der Waals surface area contributed by atoms with E-state index in [2.05, 4.69) is 20.8 Å². The van der Waals surface area contributed by atoms with Crippen LogP contribution in [0.1, 0.15) is 25.2 Å². The van der Waals surface area contributed by atoms with Crippen LogP contribution in [0, 0.1) is 5.92 Å². The Morgan fingerprint density at radius 2 is 2.45 bits per heavy atom. The van der Waals surface area contributed by atoms with Crippen LogP contribution in [0.15, 0.2) is 27.5 Å². The molecule has 1 atom stereocenters. The van der Waals surface area contributed by atoms with Gasteiger partial charge in [0, 0.05) is 19.4 Å². The van der Waals surface area contributed by atoms with E-state index in [4.69, 9.17) is 8.94 Å². The van der Waals surface area contributed by atoms with Gasteiger partial charge in [0.25, 0.3) is 0 Å². The molecule has 0 aromatic carbocycles. The summed E-state index contributed by atoms with van der Waals surface area (Å²) in [6, 6.07) is 1.76. The highest BCUT2D eigenvalue weighted by atomic mass is 16.5. The van der Waals surface area contributed by atoms with Crippen LogP contribution in [0.2, 0.25) is 0 Å². The third-order valence-electron chi connectivity index (χ3n) is 3.85. The van der Waals surface area contributed by atoms with E-state index in [1.807, 2.05) is 0 Å². The van der Waals surface area contributed by atoms with Gasteiger partial charge in [0.2, 0.25) is 17.6 Å². The van der Waals surface area contributed by atoms with Crippen molar-refractivity contribution in [3.05, 3.63) is 24.5 Å². The average molecular weight is 304 g/mol. The minimum absolute atomic E-state index is 0.0222. The van der Waals surface area contributed by atoms with Gasteiger partial charge < -0.3 is 19.6 Å². The minimum Gasteiger partial charge on any atom is -0.472 e. The maximum Gasteiger partial charge on any atom is 0.227 e. The maximum absolute atomic E-state index is 11.8. The predicted molar refractivity (Wildman–Crippen MR) is 78.9 cm³/mol. The third kappa shape index (κ3) is 3.94. The molecule has 3 rings (SSSR count). The lowest BCUT2D eigenvalue weighted by molar-refractivity contribution is -0.121. The van der Waals surface area contributed by atoms with Crippen molar-refractivity contribution in [3.8, 4) is 11.4 Å². The third-order valence-corrected chi connectivity index (χ3v) is 3.85. The Labute approximate surface area is 128 Å². The number of carbonyl (C=O) groups is 1. The number of nitrogens with one attached hydrogen (secondary N) is 2. The van der Waals surface area contributed by atoms with Gasteiger partial charge in [-0.1, -0.05) is 5.16 Å². The second-order valence-electron chi connectivity index (χ2n) is 5.52. The molecule has 2 aromatic rings. The maximum atomic E-state index is 11.8. The van der Waals surface area contributed by atoms with Crippen molar-refractivity contribution < 1.29 is 13.7 Å². The van der Waals surface area contributed by atoms with E-state index in [-0.39, 0.29) is 5.91 Å². The molecule has 3 heterocycles. The van der Waals surface area contributed by atoms with Crippen molar-refractivity contribution in [2.24, 2.45) is 5.92 Å². The largest absolute Gasteiger partial charge is 0.472 e. The highest BCUT2D eigenvalue weighted by Gasteiger charge is 2.15. The average Bonchev–Trinajstić information content (AvgIpc) is 3.26. The zero-order chi connectivity index (χ0) is 15.2. The van der Waals surface area contributed by atoms with E-state index >= 15 is 0 Å². The molecule has 1 amide bonds. The monoisotopic (exact) mass is 304 g/mol. The minimum atomic E-state index is 0.0222. The number of rotatable bonds is 7. The number of aryl methyl sites for hydroxylation is 1. The van der Waals surface area contributed by atoms with Crippen molar-refractivity contribution in [1.82, 2.24) is 20.8 Å². The molecule has 1 aliphatic rings. The zero-order valence-electron chi connectivity index (χ0n) is 12.4. The number of carbonyl (C=O) groups excluding carboxylic acids is 1. The summed E-state index contributed by atoms with van der Waals surface area (Å²) in [6.45, 7) is 2.89. The highest BCUT2D eigenvalue weighted by Crippen LogP contribution is 2.16. The summed E-state index contributed by atoms with van der Waals surface area (Å²) in [4.78, 5) is 16.0. The van der Waals surface area contributed by atoms with Gasteiger partial charge in [0.15, 0.2) is 0 Å². The Morgan fingerprint density at radius 3 is 3.23 bits per heavy atom. The molecule has 2 aromatic heterocycles. The molecule has 1 saturated heterocycles. The van der Waals surface area contributed by atoms with Crippen molar-refractivity contribution >= 4 is 5.91 Å². The first kappa shape index (κ1) is 14.8. The Balaban J connectivity index is 1.37. The summed E-state index contributed by atoms with van der Waals surface area (Å²) in [5.41, 5.74) is 0.768. The van der Waals surface area contributed by atoms with E-state index < -0.39 is 0 Å². The van der Waals surface area contributed by atoms with Gasteiger partial charge in [0.1, 0.15) is 6.26 Å². The molecule has 0 saturated carbocycles. The van der Waals surface area contributed by atoms with Crippen LogP contribution in [0.4, 0.5) is 0 Å². The van der Waals surface area contributed by atoms with E-state index in [0.29, 0.717) is 30.5 Å². The summed E-state index contributed by atoms with van der Waals surface area (Å²) >= 11 is 0. The SMILES string of the molecule is O=C(CCc1nc(-c2ccoc2)no1)NCCC1CCNC1. The van der Waals surface area contributed by atoms with Crippen molar-refractivity contribution in [2.75, 3.05) is 19.6 Å². The van der Waals surface area contributed by atoms with E-state index in [1.165, 1.54) is 6.42 Å². The summed E-state index contributed by atoms with van der Waals surface area (Å²) in [5, 5.41) is 10.1. The quantitative estimate of drug-likeness (QED) is 0.802. The van der Waals surface area contributed by atoms with Gasteiger partial charge >= 0.3 is 0 Å². The van der Waals surface area contributed by atoms with E-state index in [0.717, 1.165) is 31.6 Å². The molecule has 1 unspecified atom stereocenters. The summed E-state index contributed by atoms with van der Waals surface area (Å²) < 4.78 is 10.1. The summed E-state index contributed by atoms with van der Waals surface area (Å²) in [6.07, 6.45) is 6.15. The first-order valence-electron chi connectivity index (χ1n) is 7.64. The van der Waals surface area contributed by atoms with Crippen LogP contribution in [0.25, 0.3) is 11.4 Å². The molecule has 0 radical (unpaired) electrons. The van der Waals surface area contributed by atoms with Gasteiger partial charge in [-0.05, 0) is 37.9 Å². The molecule has 1 fully saturated rings. The van der Waals surface area contributed by atoms with E-state index in [9.17, 15) is 4.79 Å². The molecule has 0 bridgehead atoms. The highest BCUT2D eigenvalue weighted by molar-refractivity contribution is 5.75. The molecule has 22 heavy (non-hydrogen) atoms. The van der Waals surface area contributed by atoms with Crippen LogP contribution in [-0.2, 0) is 11.2 Å². The second-order valence-corrected chi connectivity index (χ2v) is 5.52. The lowest BCUT2D eigenvalue weighted by Gasteiger charge is -2.08. The molecule has 118 valence electrons. The predicted octanol–water partition coefficient (Wildman–Crippen LogP) is 1.38. The van der Waals surface area contributed by atoms with Gasteiger partial charge in [-0.2, -0.15) is 4.98 Å². The van der Waals surface area contributed by atoms with Gasteiger partial charge in [-0.25, -0.2) is 0 Å². The molecule has 1 aliphatic heterocycles. The van der Waals surface area contributed by atoms with Crippen LogP contribution >= 0.6 is 0 Å². The molecule has 7 nitrogen and oxygen atoms in total. The fourth-order valence-electron chi connectivity index (χ4n) is 2.55. The molecule has 7 heteroatoms. The van der Waals surface area contributed by atoms with E-state index in [1.54, 1.807) is 18.6 Å². The number of furan rings is 1. The lowest BCUT2D eigenvalue weighted by atomic mass is 10.1. The number of aromatic nitrogens is 2. The Morgan fingerprint density at radius 1 is 1.50 bits per heavy atom. The smallest absolute Gasteiger partial charge is 0.227 e. The fourth-order valence-corrected chi connectivity index (χ4v) is 2.55. The van der Waals surface area contributed by atoms with Crippen LogP contribution in [0.3, 0.4) is 0 Å². The van der Waals surface area contributed by atoms with Crippen LogP contribution in [0.5, 0.6) is 0 Å². The van der Waals surface area contributed by atoms with Crippen LogP contribution < -0.4 is 10.6 Å². The fraction of sp³-hybridized carbons (Fsp3) is 0.533. The first-order valence-corrected chi connectivity index (χ1v) is 7.64. The first-order chi connectivity index (χ1) is 10.8. The lowest BCUT2D eigenvalue weighted by Crippen LogP contribution is -2.26. The van der Waals surface area contributed by atoms with Gasteiger partial charge in [0.05, 0.1) is 11.8 Å².